The summed E-state index contributed by atoms with van der Waals surface area (Å²) in [6.07, 6.45) is 7.88. The smallest absolute Gasteiger partial charge is 0.0251 e. The van der Waals surface area contributed by atoms with Gasteiger partial charge in [-0.15, -0.1) is 11.7 Å². The fourth-order valence-corrected chi connectivity index (χ4v) is 0.809. The topological polar surface area (TPSA) is 0 Å². The van der Waals surface area contributed by atoms with Gasteiger partial charge in [-0.25, -0.2) is 0 Å². The molecule has 0 saturated heterocycles. The molecule has 0 heteroatoms. The molecule has 0 radical (unpaired) electrons. The number of allylic oxidation sites excluding steroid dienone is 5. The van der Waals surface area contributed by atoms with Gasteiger partial charge in [-0.1, -0.05) is 19.4 Å². The molecule has 0 atom stereocenters. The maximum Gasteiger partial charge on any atom is 0.0251 e. The van der Waals surface area contributed by atoms with Crippen LogP contribution in [0.2, 0.25) is 0 Å². The fourth-order valence-electron chi connectivity index (χ4n) is 0.809. The van der Waals surface area contributed by atoms with Gasteiger partial charge < -0.3 is 0 Å². The first-order valence-electron chi connectivity index (χ1n) is 3.57. The van der Waals surface area contributed by atoms with Crippen molar-refractivity contribution in [3.8, 4) is 11.8 Å². The quantitative estimate of drug-likeness (QED) is 0.375. The van der Waals surface area contributed by atoms with Crippen LogP contribution in [-0.2, 0) is 0 Å². The molecular formula is C12H14. The van der Waals surface area contributed by atoms with E-state index < -0.39 is 0 Å². The Morgan fingerprint density at radius 3 is 2.75 bits per heavy atom. The van der Waals surface area contributed by atoms with Crippen molar-refractivity contribution < 1.29 is 0 Å². The second-order valence-corrected chi connectivity index (χ2v) is 2.32. The van der Waals surface area contributed by atoms with E-state index in [-0.39, 0.29) is 7.43 Å². The van der Waals surface area contributed by atoms with Gasteiger partial charge in [-0.2, -0.15) is 0 Å². The van der Waals surface area contributed by atoms with Crippen LogP contribution in [0.3, 0.4) is 0 Å². The van der Waals surface area contributed by atoms with Crippen molar-refractivity contribution in [1.29, 1.82) is 0 Å². The lowest BCUT2D eigenvalue weighted by Crippen LogP contribution is -1.68. The molecule has 0 amide bonds. The molecule has 0 aromatic carbocycles. The van der Waals surface area contributed by atoms with Crippen molar-refractivity contribution >= 4 is 0 Å². The molecule has 62 valence electrons. The zero-order chi connectivity index (χ0) is 8.10. The van der Waals surface area contributed by atoms with Crippen LogP contribution in [0, 0.1) is 11.8 Å². The van der Waals surface area contributed by atoms with Crippen LogP contribution in [0.1, 0.15) is 21.3 Å². The van der Waals surface area contributed by atoms with E-state index in [0.29, 0.717) is 0 Å². The first-order chi connectivity index (χ1) is 5.33. The molecule has 1 rings (SSSR count). The molecule has 1 aliphatic rings. The minimum absolute atomic E-state index is 0. The zero-order valence-electron chi connectivity index (χ0n) is 6.81. The Morgan fingerprint density at radius 2 is 2.08 bits per heavy atom. The summed E-state index contributed by atoms with van der Waals surface area (Å²) in [5.74, 6) is 5.84. The van der Waals surface area contributed by atoms with Crippen LogP contribution in [-0.4, -0.2) is 0 Å². The Morgan fingerprint density at radius 1 is 1.33 bits per heavy atom. The molecule has 0 aliphatic heterocycles. The Hall–Kier alpha value is -1.44. The van der Waals surface area contributed by atoms with Crippen molar-refractivity contribution in [3.05, 3.63) is 41.2 Å². The highest BCUT2D eigenvalue weighted by molar-refractivity contribution is 5.44. The van der Waals surface area contributed by atoms with Gasteiger partial charge in [-0.05, 0) is 37.6 Å². The first-order valence-corrected chi connectivity index (χ1v) is 3.57. The Balaban J connectivity index is 0.00000121. The summed E-state index contributed by atoms with van der Waals surface area (Å²) >= 11 is 0. The predicted octanol–water partition coefficient (Wildman–Crippen LogP) is 3.24. The highest BCUT2D eigenvalue weighted by Gasteiger charge is 1.86. The van der Waals surface area contributed by atoms with Crippen molar-refractivity contribution in [2.75, 3.05) is 0 Å². The normalized spacial score (nSPS) is 13.2. The molecule has 1 aliphatic carbocycles. The third-order valence-corrected chi connectivity index (χ3v) is 1.36. The van der Waals surface area contributed by atoms with Gasteiger partial charge in [0.15, 0.2) is 0 Å². The van der Waals surface area contributed by atoms with Gasteiger partial charge in [0.1, 0.15) is 0 Å². The van der Waals surface area contributed by atoms with E-state index in [9.17, 15) is 0 Å². The lowest BCUT2D eigenvalue weighted by Gasteiger charge is -1.84. The maximum atomic E-state index is 3.09. The fraction of sp³-hybridized carbons (Fsp3) is 0.250. The Labute approximate surface area is 75.0 Å². The zero-order valence-corrected chi connectivity index (χ0v) is 6.81. The van der Waals surface area contributed by atoms with Gasteiger partial charge in [0.25, 0.3) is 0 Å². The summed E-state index contributed by atoms with van der Waals surface area (Å²) in [5.41, 5.74) is 5.27. The minimum Gasteiger partial charge on any atom is -0.118 e. The summed E-state index contributed by atoms with van der Waals surface area (Å²) in [4.78, 5) is 0. The molecule has 0 heterocycles. The van der Waals surface area contributed by atoms with E-state index in [1.807, 2.05) is 38.2 Å². The van der Waals surface area contributed by atoms with E-state index in [0.717, 1.165) is 11.1 Å². The van der Waals surface area contributed by atoms with Crippen LogP contribution in [0.15, 0.2) is 41.2 Å². The summed E-state index contributed by atoms with van der Waals surface area (Å²) < 4.78 is 0. The molecule has 12 heavy (non-hydrogen) atoms. The lowest BCUT2D eigenvalue weighted by molar-refractivity contribution is 1.55. The van der Waals surface area contributed by atoms with Crippen LogP contribution in [0.25, 0.3) is 0 Å². The minimum atomic E-state index is 0. The van der Waals surface area contributed by atoms with E-state index in [1.165, 1.54) is 0 Å². The third kappa shape index (κ3) is 3.10. The molecule has 0 unspecified atom stereocenters. The molecule has 0 nitrogen and oxygen atoms in total. The molecular weight excluding hydrogens is 144 g/mol. The second-order valence-electron chi connectivity index (χ2n) is 2.32. The molecule has 0 fully saturated rings. The predicted molar refractivity (Wildman–Crippen MR) is 54.7 cm³/mol. The maximum absolute atomic E-state index is 3.09. The molecule has 0 N–H and O–H groups in total. The van der Waals surface area contributed by atoms with E-state index in [2.05, 4.69) is 17.6 Å². The first kappa shape index (κ1) is 10.6. The average molecular weight is 158 g/mol. The Kier molecular flexibility index (Phi) is 4.61. The molecule has 0 aromatic rings. The largest absolute Gasteiger partial charge is 0.118 e. The number of hydrogen-bond acceptors (Lipinski definition) is 0. The molecule has 0 spiro atoms. The van der Waals surface area contributed by atoms with Crippen molar-refractivity contribution in [3.63, 3.8) is 0 Å². The molecule has 0 saturated carbocycles. The van der Waals surface area contributed by atoms with Gasteiger partial charge in [0.2, 0.25) is 0 Å². The van der Waals surface area contributed by atoms with Gasteiger partial charge in [-0.3, -0.25) is 0 Å². The van der Waals surface area contributed by atoms with E-state index in [1.54, 1.807) is 0 Å². The summed E-state index contributed by atoms with van der Waals surface area (Å²) in [6, 6.07) is 0. The second kappa shape index (κ2) is 5.24. The summed E-state index contributed by atoms with van der Waals surface area (Å²) in [5, 5.41) is 0. The van der Waals surface area contributed by atoms with Crippen molar-refractivity contribution in [2.45, 2.75) is 21.3 Å². The standard InChI is InChI=1S/C11H10.CH4/c1-3-5-11-7-4-6-10(2)8-9-11;/h4,7-9H,1-2H3;1H4. The third-order valence-electron chi connectivity index (χ3n) is 1.36. The summed E-state index contributed by atoms with van der Waals surface area (Å²) in [6.45, 7) is 3.85. The van der Waals surface area contributed by atoms with Crippen molar-refractivity contribution in [2.24, 2.45) is 0 Å². The van der Waals surface area contributed by atoms with Gasteiger partial charge in [0, 0.05) is 5.57 Å². The van der Waals surface area contributed by atoms with Crippen LogP contribution >= 0.6 is 0 Å². The van der Waals surface area contributed by atoms with E-state index >= 15 is 0 Å². The average Bonchev–Trinajstić information content (AvgIpc) is 2.17. The highest BCUT2D eigenvalue weighted by Crippen LogP contribution is 2.03. The van der Waals surface area contributed by atoms with Crippen LogP contribution < -0.4 is 0 Å². The Bertz CT molecular complexity index is 321. The van der Waals surface area contributed by atoms with Gasteiger partial charge >= 0.3 is 0 Å². The van der Waals surface area contributed by atoms with Crippen LogP contribution in [0.5, 0.6) is 0 Å². The van der Waals surface area contributed by atoms with Crippen molar-refractivity contribution in [1.82, 2.24) is 0 Å². The highest BCUT2D eigenvalue weighted by atomic mass is 13.9. The van der Waals surface area contributed by atoms with Gasteiger partial charge in [0.05, 0.1) is 0 Å². The molecule has 0 aromatic heterocycles. The lowest BCUT2D eigenvalue weighted by atomic mass is 10.2. The number of hydrogen-bond donors (Lipinski definition) is 0. The molecule has 0 bridgehead atoms. The van der Waals surface area contributed by atoms with Crippen LogP contribution in [0.4, 0.5) is 0 Å². The van der Waals surface area contributed by atoms with E-state index in [4.69, 9.17) is 0 Å². The number of rotatable bonds is 0. The summed E-state index contributed by atoms with van der Waals surface area (Å²) in [7, 11) is 0. The SMILES string of the molecule is C.CC#CC1=CC=C=C(C)C=C1. The monoisotopic (exact) mass is 158 g/mol.